The van der Waals surface area contributed by atoms with Crippen LogP contribution in [0.4, 0.5) is 0 Å². The Labute approximate surface area is 164 Å². The molecule has 1 unspecified atom stereocenters. The highest BCUT2D eigenvalue weighted by molar-refractivity contribution is 14.0. The number of aliphatic hydroxyl groups is 1. The van der Waals surface area contributed by atoms with Gasteiger partial charge in [0.15, 0.2) is 5.96 Å². The quantitative estimate of drug-likeness (QED) is 0.327. The zero-order valence-corrected chi connectivity index (χ0v) is 17.0. The van der Waals surface area contributed by atoms with E-state index in [9.17, 15) is 5.11 Å². The van der Waals surface area contributed by atoms with Gasteiger partial charge in [-0.3, -0.25) is 4.68 Å². The van der Waals surface area contributed by atoms with Crippen molar-refractivity contribution in [3.8, 4) is 5.75 Å². The highest BCUT2D eigenvalue weighted by Gasteiger charge is 2.09. The molecule has 0 saturated heterocycles. The van der Waals surface area contributed by atoms with Crippen LogP contribution in [0.2, 0.25) is 0 Å². The first-order valence-electron chi connectivity index (χ1n) is 7.81. The number of aliphatic hydroxyl groups excluding tert-OH is 1. The van der Waals surface area contributed by atoms with Gasteiger partial charge in [-0.05, 0) is 24.6 Å². The third kappa shape index (κ3) is 6.50. The van der Waals surface area contributed by atoms with Crippen molar-refractivity contribution in [3.05, 3.63) is 42.0 Å². The van der Waals surface area contributed by atoms with Gasteiger partial charge in [0.2, 0.25) is 0 Å². The maximum atomic E-state index is 10.3. The zero-order chi connectivity index (χ0) is 17.4. The molecule has 0 aliphatic carbocycles. The van der Waals surface area contributed by atoms with E-state index in [1.54, 1.807) is 11.8 Å². The largest absolute Gasteiger partial charge is 0.497 e. The summed E-state index contributed by atoms with van der Waals surface area (Å²) in [6.07, 6.45) is 0.855. The lowest BCUT2D eigenvalue weighted by atomic mass is 10.1. The Hall–Kier alpha value is -1.88. The fraction of sp³-hybridized carbons (Fsp3) is 0.438. The number of halogens is 1. The second-order valence-corrected chi connectivity index (χ2v) is 5.16. The third-order valence-electron chi connectivity index (χ3n) is 3.49. The van der Waals surface area contributed by atoms with Gasteiger partial charge >= 0.3 is 0 Å². The van der Waals surface area contributed by atoms with Gasteiger partial charge in [0.1, 0.15) is 24.4 Å². The lowest BCUT2D eigenvalue weighted by Gasteiger charge is -2.15. The van der Waals surface area contributed by atoms with Crippen LogP contribution in [0.3, 0.4) is 0 Å². The van der Waals surface area contributed by atoms with Crippen molar-refractivity contribution in [2.45, 2.75) is 19.6 Å². The van der Waals surface area contributed by atoms with E-state index in [1.165, 1.54) is 6.33 Å². The summed E-state index contributed by atoms with van der Waals surface area (Å²) in [5.41, 5.74) is 0.812. The first-order chi connectivity index (χ1) is 11.6. The van der Waals surface area contributed by atoms with Crippen molar-refractivity contribution in [1.29, 1.82) is 0 Å². The minimum atomic E-state index is -0.644. The molecule has 1 aromatic heterocycles. The van der Waals surface area contributed by atoms with Gasteiger partial charge in [0.25, 0.3) is 0 Å². The second kappa shape index (κ2) is 10.9. The van der Waals surface area contributed by atoms with Crippen LogP contribution in [0, 0.1) is 0 Å². The number of rotatable bonds is 7. The molecule has 9 heteroatoms. The van der Waals surface area contributed by atoms with Gasteiger partial charge in [-0.2, -0.15) is 5.10 Å². The summed E-state index contributed by atoms with van der Waals surface area (Å²) >= 11 is 0. The molecule has 1 atom stereocenters. The molecule has 2 rings (SSSR count). The zero-order valence-electron chi connectivity index (χ0n) is 14.6. The van der Waals surface area contributed by atoms with E-state index >= 15 is 0 Å². The Kier molecular flexibility index (Phi) is 9.21. The normalized spacial score (nSPS) is 12.2. The third-order valence-corrected chi connectivity index (χ3v) is 3.49. The van der Waals surface area contributed by atoms with Crippen molar-refractivity contribution >= 4 is 29.9 Å². The van der Waals surface area contributed by atoms with E-state index in [-0.39, 0.29) is 24.0 Å². The molecule has 25 heavy (non-hydrogen) atoms. The van der Waals surface area contributed by atoms with Crippen LogP contribution in [0.5, 0.6) is 5.75 Å². The summed E-state index contributed by atoms with van der Waals surface area (Å²) in [4.78, 5) is 8.58. The number of aliphatic imine (C=N–C) groups is 1. The molecule has 0 saturated carbocycles. The van der Waals surface area contributed by atoms with Crippen LogP contribution in [0.15, 0.2) is 35.6 Å². The van der Waals surface area contributed by atoms with E-state index in [4.69, 9.17) is 4.74 Å². The van der Waals surface area contributed by atoms with Gasteiger partial charge in [0.05, 0.1) is 13.2 Å². The molecule has 0 bridgehead atoms. The molecule has 0 radical (unpaired) electrons. The van der Waals surface area contributed by atoms with Crippen molar-refractivity contribution in [2.24, 2.45) is 12.0 Å². The number of ether oxygens (including phenoxy) is 1. The smallest absolute Gasteiger partial charge is 0.191 e. The van der Waals surface area contributed by atoms with Crippen LogP contribution in [0.1, 0.15) is 24.4 Å². The average molecular weight is 460 g/mol. The van der Waals surface area contributed by atoms with Crippen LogP contribution >= 0.6 is 24.0 Å². The molecular formula is C16H25IN6O2. The summed E-state index contributed by atoms with van der Waals surface area (Å²) < 4.78 is 6.80. The molecule has 0 amide bonds. The molecular weight excluding hydrogens is 435 g/mol. The van der Waals surface area contributed by atoms with Gasteiger partial charge < -0.3 is 20.5 Å². The number of benzene rings is 1. The molecule has 1 aromatic carbocycles. The number of guanidine groups is 1. The SMILES string of the molecule is CCNC(=NCc1ncnn1C)NCC(O)c1ccc(OC)cc1.I. The minimum absolute atomic E-state index is 0. The number of nitrogens with one attached hydrogen (secondary N) is 2. The Balaban J connectivity index is 0.00000312. The first kappa shape index (κ1) is 21.2. The molecule has 8 nitrogen and oxygen atoms in total. The summed E-state index contributed by atoms with van der Waals surface area (Å²) in [6, 6.07) is 7.33. The minimum Gasteiger partial charge on any atom is -0.497 e. The lowest BCUT2D eigenvalue weighted by Crippen LogP contribution is -2.39. The van der Waals surface area contributed by atoms with Crippen molar-refractivity contribution in [1.82, 2.24) is 25.4 Å². The maximum Gasteiger partial charge on any atom is 0.191 e. The number of aryl methyl sites for hydroxylation is 1. The van der Waals surface area contributed by atoms with Crippen molar-refractivity contribution in [3.63, 3.8) is 0 Å². The highest BCUT2D eigenvalue weighted by atomic mass is 127. The monoisotopic (exact) mass is 460 g/mol. The Morgan fingerprint density at radius 3 is 2.60 bits per heavy atom. The summed E-state index contributed by atoms with van der Waals surface area (Å²) in [7, 11) is 3.44. The van der Waals surface area contributed by atoms with Crippen LogP contribution in [-0.2, 0) is 13.6 Å². The summed E-state index contributed by atoms with van der Waals surface area (Å²) in [5, 5.41) is 20.6. The molecule has 0 aliphatic rings. The fourth-order valence-electron chi connectivity index (χ4n) is 2.09. The molecule has 1 heterocycles. The Morgan fingerprint density at radius 2 is 2.04 bits per heavy atom. The molecule has 0 spiro atoms. The number of hydrogen-bond acceptors (Lipinski definition) is 5. The highest BCUT2D eigenvalue weighted by Crippen LogP contribution is 2.16. The number of hydrogen-bond donors (Lipinski definition) is 3. The van der Waals surface area contributed by atoms with E-state index in [2.05, 4.69) is 25.7 Å². The molecule has 0 aliphatic heterocycles. The maximum absolute atomic E-state index is 10.3. The standard InChI is InChI=1S/C16H24N6O2.HI/c1-4-17-16(19-10-15-20-11-21-22(15)2)18-9-14(23)12-5-7-13(24-3)8-6-12;/h5-8,11,14,23H,4,9-10H2,1-3H3,(H2,17,18,19);1H. The molecule has 138 valence electrons. The van der Waals surface area contributed by atoms with Crippen LogP contribution in [0.25, 0.3) is 0 Å². The Bertz CT molecular complexity index is 659. The number of methoxy groups -OCH3 is 1. The van der Waals surface area contributed by atoms with Gasteiger partial charge in [0, 0.05) is 20.1 Å². The van der Waals surface area contributed by atoms with E-state index < -0.39 is 6.10 Å². The topological polar surface area (TPSA) is 96.6 Å². The van der Waals surface area contributed by atoms with Crippen LogP contribution < -0.4 is 15.4 Å². The van der Waals surface area contributed by atoms with Gasteiger partial charge in [-0.1, -0.05) is 12.1 Å². The van der Waals surface area contributed by atoms with E-state index in [0.29, 0.717) is 19.0 Å². The predicted molar refractivity (Wildman–Crippen MR) is 107 cm³/mol. The molecule has 0 fully saturated rings. The lowest BCUT2D eigenvalue weighted by molar-refractivity contribution is 0.180. The average Bonchev–Trinajstić information content (AvgIpc) is 3.02. The predicted octanol–water partition coefficient (Wildman–Crippen LogP) is 1.23. The molecule has 3 N–H and O–H groups in total. The Morgan fingerprint density at radius 1 is 1.32 bits per heavy atom. The second-order valence-electron chi connectivity index (χ2n) is 5.16. The van der Waals surface area contributed by atoms with Gasteiger partial charge in [-0.15, -0.1) is 24.0 Å². The fourth-order valence-corrected chi connectivity index (χ4v) is 2.09. The van der Waals surface area contributed by atoms with E-state index in [0.717, 1.165) is 23.7 Å². The number of aromatic nitrogens is 3. The molecule has 2 aromatic rings. The van der Waals surface area contributed by atoms with Crippen molar-refractivity contribution in [2.75, 3.05) is 20.2 Å². The van der Waals surface area contributed by atoms with Gasteiger partial charge in [-0.25, -0.2) is 9.98 Å². The van der Waals surface area contributed by atoms with Crippen molar-refractivity contribution < 1.29 is 9.84 Å². The van der Waals surface area contributed by atoms with Crippen LogP contribution in [-0.4, -0.2) is 46.0 Å². The summed E-state index contributed by atoms with van der Waals surface area (Å²) in [6.45, 7) is 3.46. The van der Waals surface area contributed by atoms with E-state index in [1.807, 2.05) is 38.2 Å². The number of nitrogens with zero attached hydrogens (tertiary/aromatic N) is 4. The summed E-state index contributed by atoms with van der Waals surface area (Å²) in [5.74, 6) is 2.15. The first-order valence-corrected chi connectivity index (χ1v) is 7.81.